The van der Waals surface area contributed by atoms with E-state index in [-0.39, 0.29) is 5.56 Å². The Kier molecular flexibility index (Phi) is 3.94. The van der Waals surface area contributed by atoms with Crippen LogP contribution in [-0.4, -0.2) is 10.9 Å². The fraction of sp³-hybridized carbons (Fsp3) is 0.0588. The number of hydrogen-bond donors (Lipinski definition) is 1. The molecule has 5 heteroatoms. The molecule has 0 spiro atoms. The summed E-state index contributed by atoms with van der Waals surface area (Å²) in [5.41, 5.74) is 7.33. The molecular weight excluding hydrogens is 300 g/mol. The molecule has 0 aliphatic heterocycles. The lowest BCUT2D eigenvalue weighted by atomic mass is 10.1. The highest BCUT2D eigenvalue weighted by molar-refractivity contribution is 6.29. The molecule has 1 amide bonds. The quantitative estimate of drug-likeness (QED) is 0.749. The fourth-order valence-corrected chi connectivity index (χ4v) is 2.33. The van der Waals surface area contributed by atoms with Crippen molar-refractivity contribution in [2.45, 2.75) is 6.61 Å². The van der Waals surface area contributed by atoms with Gasteiger partial charge in [-0.1, -0.05) is 41.9 Å². The van der Waals surface area contributed by atoms with E-state index in [1.807, 2.05) is 36.4 Å². The van der Waals surface area contributed by atoms with Crippen molar-refractivity contribution in [2.24, 2.45) is 5.73 Å². The Morgan fingerprint density at radius 3 is 2.64 bits per heavy atom. The summed E-state index contributed by atoms with van der Waals surface area (Å²) in [6, 6.07) is 16.6. The number of hydrogen-bond acceptors (Lipinski definition) is 3. The minimum Gasteiger partial charge on any atom is -0.488 e. The maximum atomic E-state index is 11.6. The van der Waals surface area contributed by atoms with Crippen LogP contribution in [0.4, 0.5) is 0 Å². The highest BCUT2D eigenvalue weighted by Gasteiger charge is 2.12. The molecule has 0 bridgehead atoms. The first-order chi connectivity index (χ1) is 10.6. The number of halogens is 1. The van der Waals surface area contributed by atoms with E-state index >= 15 is 0 Å². The second-order valence-corrected chi connectivity index (χ2v) is 5.20. The number of aromatic nitrogens is 1. The number of rotatable bonds is 4. The lowest BCUT2D eigenvalue weighted by Crippen LogP contribution is -2.13. The van der Waals surface area contributed by atoms with E-state index < -0.39 is 5.91 Å². The van der Waals surface area contributed by atoms with Crippen LogP contribution in [0.25, 0.3) is 10.9 Å². The van der Waals surface area contributed by atoms with Gasteiger partial charge in [0.05, 0.1) is 11.1 Å². The second-order valence-electron chi connectivity index (χ2n) is 4.81. The van der Waals surface area contributed by atoms with Crippen LogP contribution in [0.1, 0.15) is 15.9 Å². The lowest BCUT2D eigenvalue weighted by Gasteiger charge is -2.11. The number of benzene rings is 2. The highest BCUT2D eigenvalue weighted by Crippen LogP contribution is 2.26. The number of nitrogens with zero attached hydrogens (tertiary/aromatic N) is 1. The number of ether oxygens (including phenoxy) is 1. The van der Waals surface area contributed by atoms with Gasteiger partial charge in [-0.3, -0.25) is 4.79 Å². The SMILES string of the molecule is NC(=O)c1cc2nc(Cl)ccc2cc1OCc1ccccc1. The van der Waals surface area contributed by atoms with Gasteiger partial charge >= 0.3 is 0 Å². The molecule has 3 aromatic rings. The number of primary amides is 1. The van der Waals surface area contributed by atoms with Crippen LogP contribution in [0.2, 0.25) is 5.15 Å². The van der Waals surface area contributed by atoms with Crippen molar-refractivity contribution >= 4 is 28.4 Å². The Labute approximate surface area is 132 Å². The normalized spacial score (nSPS) is 10.6. The molecule has 0 aliphatic carbocycles. The topological polar surface area (TPSA) is 65.2 Å². The van der Waals surface area contributed by atoms with Gasteiger partial charge in [0.25, 0.3) is 5.91 Å². The number of carbonyl (C=O) groups excluding carboxylic acids is 1. The van der Waals surface area contributed by atoms with Crippen LogP contribution >= 0.6 is 11.6 Å². The van der Waals surface area contributed by atoms with E-state index in [1.54, 1.807) is 18.2 Å². The monoisotopic (exact) mass is 312 g/mol. The summed E-state index contributed by atoms with van der Waals surface area (Å²) in [6.07, 6.45) is 0. The third-order valence-corrected chi connectivity index (χ3v) is 3.47. The molecule has 2 N–H and O–H groups in total. The summed E-state index contributed by atoms with van der Waals surface area (Å²) in [4.78, 5) is 15.8. The van der Waals surface area contributed by atoms with E-state index in [0.717, 1.165) is 10.9 Å². The van der Waals surface area contributed by atoms with Crippen molar-refractivity contribution in [1.29, 1.82) is 0 Å². The van der Waals surface area contributed by atoms with Crippen LogP contribution in [0.15, 0.2) is 54.6 Å². The Morgan fingerprint density at radius 1 is 1.14 bits per heavy atom. The lowest BCUT2D eigenvalue weighted by molar-refractivity contribution is 0.0996. The molecule has 1 heterocycles. The summed E-state index contributed by atoms with van der Waals surface area (Å²) < 4.78 is 5.76. The van der Waals surface area contributed by atoms with E-state index in [4.69, 9.17) is 22.1 Å². The molecular formula is C17H13ClN2O2. The molecule has 0 atom stereocenters. The van der Waals surface area contributed by atoms with Gasteiger partial charge in [-0.05, 0) is 29.8 Å². The van der Waals surface area contributed by atoms with Gasteiger partial charge in [-0.2, -0.15) is 0 Å². The van der Waals surface area contributed by atoms with Gasteiger partial charge in [-0.15, -0.1) is 0 Å². The first-order valence-electron chi connectivity index (χ1n) is 6.70. The molecule has 0 fully saturated rings. The van der Waals surface area contributed by atoms with Crippen LogP contribution in [0.3, 0.4) is 0 Å². The number of carbonyl (C=O) groups is 1. The Bertz CT molecular complexity index is 835. The van der Waals surface area contributed by atoms with Gasteiger partial charge in [0.2, 0.25) is 0 Å². The van der Waals surface area contributed by atoms with Crippen LogP contribution < -0.4 is 10.5 Å². The van der Waals surface area contributed by atoms with E-state index in [0.29, 0.717) is 23.0 Å². The maximum Gasteiger partial charge on any atom is 0.252 e. The summed E-state index contributed by atoms with van der Waals surface area (Å²) in [5.74, 6) is -0.125. The third kappa shape index (κ3) is 3.02. The van der Waals surface area contributed by atoms with E-state index in [9.17, 15) is 4.79 Å². The van der Waals surface area contributed by atoms with Gasteiger partial charge < -0.3 is 10.5 Å². The van der Waals surface area contributed by atoms with Crippen molar-refractivity contribution in [3.8, 4) is 5.75 Å². The molecule has 0 aliphatic rings. The van der Waals surface area contributed by atoms with Crippen molar-refractivity contribution in [2.75, 3.05) is 0 Å². The summed E-state index contributed by atoms with van der Waals surface area (Å²) in [6.45, 7) is 0.355. The molecule has 2 aromatic carbocycles. The van der Waals surface area contributed by atoms with Crippen LogP contribution in [0, 0.1) is 0 Å². The van der Waals surface area contributed by atoms with E-state index in [1.165, 1.54) is 0 Å². The number of fused-ring (bicyclic) bond motifs is 1. The average molecular weight is 313 g/mol. The molecule has 0 unspecified atom stereocenters. The van der Waals surface area contributed by atoms with Crippen molar-refractivity contribution in [3.63, 3.8) is 0 Å². The summed E-state index contributed by atoms with van der Waals surface area (Å²) >= 11 is 5.87. The molecule has 0 radical (unpaired) electrons. The van der Waals surface area contributed by atoms with Crippen molar-refractivity contribution in [3.05, 3.63) is 70.9 Å². The molecule has 22 heavy (non-hydrogen) atoms. The smallest absolute Gasteiger partial charge is 0.252 e. The minimum atomic E-state index is -0.563. The number of pyridine rings is 1. The van der Waals surface area contributed by atoms with Crippen molar-refractivity contribution in [1.82, 2.24) is 4.98 Å². The van der Waals surface area contributed by atoms with Crippen LogP contribution in [0.5, 0.6) is 5.75 Å². The zero-order chi connectivity index (χ0) is 15.5. The molecule has 0 saturated heterocycles. The molecule has 110 valence electrons. The van der Waals surface area contributed by atoms with Crippen LogP contribution in [-0.2, 0) is 6.61 Å². The first kappa shape index (κ1) is 14.4. The maximum absolute atomic E-state index is 11.6. The Hall–Kier alpha value is -2.59. The first-order valence-corrected chi connectivity index (χ1v) is 7.08. The largest absolute Gasteiger partial charge is 0.488 e. The summed E-state index contributed by atoms with van der Waals surface area (Å²) in [5, 5.41) is 1.19. The minimum absolute atomic E-state index is 0.290. The second kappa shape index (κ2) is 6.03. The zero-order valence-electron chi connectivity index (χ0n) is 11.6. The third-order valence-electron chi connectivity index (χ3n) is 3.26. The number of nitrogens with two attached hydrogens (primary N) is 1. The molecule has 4 nitrogen and oxygen atoms in total. The molecule has 3 rings (SSSR count). The predicted molar refractivity (Wildman–Crippen MR) is 86.0 cm³/mol. The Morgan fingerprint density at radius 2 is 1.91 bits per heavy atom. The van der Waals surface area contributed by atoms with Gasteiger partial charge in [0, 0.05) is 5.39 Å². The highest BCUT2D eigenvalue weighted by atomic mass is 35.5. The van der Waals surface area contributed by atoms with Gasteiger partial charge in [0.1, 0.15) is 17.5 Å². The summed E-state index contributed by atoms with van der Waals surface area (Å²) in [7, 11) is 0. The van der Waals surface area contributed by atoms with Gasteiger partial charge in [0.15, 0.2) is 0 Å². The Balaban J connectivity index is 1.98. The molecule has 0 saturated carbocycles. The fourth-order valence-electron chi connectivity index (χ4n) is 2.17. The van der Waals surface area contributed by atoms with E-state index in [2.05, 4.69) is 4.98 Å². The standard InChI is InChI=1S/C17H13ClN2O2/c18-16-7-6-12-8-15(13(17(19)21)9-14(12)20-16)22-10-11-4-2-1-3-5-11/h1-9H,10H2,(H2,19,21). The number of amides is 1. The van der Waals surface area contributed by atoms with Gasteiger partial charge in [-0.25, -0.2) is 4.98 Å². The average Bonchev–Trinajstić information content (AvgIpc) is 2.53. The molecule has 1 aromatic heterocycles. The predicted octanol–water partition coefficient (Wildman–Crippen LogP) is 3.57. The zero-order valence-corrected chi connectivity index (χ0v) is 12.4. The van der Waals surface area contributed by atoms with Crippen molar-refractivity contribution < 1.29 is 9.53 Å².